The van der Waals surface area contributed by atoms with E-state index in [1.165, 1.54) is 0 Å². The predicted octanol–water partition coefficient (Wildman–Crippen LogP) is 0.564. The van der Waals surface area contributed by atoms with E-state index in [0.29, 0.717) is 6.42 Å². The van der Waals surface area contributed by atoms with Crippen LogP contribution in [0.25, 0.3) is 0 Å². The first-order valence-corrected chi connectivity index (χ1v) is 15.2. The lowest BCUT2D eigenvalue weighted by Crippen LogP contribution is -2.59. The van der Waals surface area contributed by atoms with Crippen LogP contribution in [0, 0.1) is 11.8 Å². The van der Waals surface area contributed by atoms with E-state index >= 15 is 0 Å². The van der Waals surface area contributed by atoms with E-state index in [0.717, 1.165) is 5.56 Å². The number of aliphatic carboxylic acids is 3. The molecule has 0 aliphatic carbocycles. The topological polar surface area (TPSA) is 289 Å². The minimum Gasteiger partial charge on any atom is -0.481 e. The zero-order valence-electron chi connectivity index (χ0n) is 27.4. The molecular weight excluding hydrogens is 616 g/mol. The molecule has 264 valence electrons. The van der Waals surface area contributed by atoms with Crippen molar-refractivity contribution in [3.05, 3.63) is 35.9 Å². The summed E-state index contributed by atoms with van der Waals surface area (Å²) in [7, 11) is 0. The fraction of sp³-hybridized carbons (Fsp3) is 0.581. The number of carbonyl (C=O) groups excluding carboxylic acids is 4. The van der Waals surface area contributed by atoms with Gasteiger partial charge in [-0.15, -0.1) is 0 Å². The van der Waals surface area contributed by atoms with Crippen LogP contribution >= 0.6 is 0 Å². The number of carbonyl (C=O) groups is 7. The Morgan fingerprint density at radius 2 is 1.15 bits per heavy atom. The number of nitrogens with one attached hydrogen (secondary N) is 4. The van der Waals surface area contributed by atoms with Gasteiger partial charge in [0.15, 0.2) is 0 Å². The molecule has 16 heteroatoms. The Morgan fingerprint density at radius 3 is 1.57 bits per heavy atom. The van der Waals surface area contributed by atoms with Crippen LogP contribution in [0.4, 0.5) is 0 Å². The molecule has 1 rings (SSSR count). The third-order valence-corrected chi connectivity index (χ3v) is 7.31. The Kier molecular flexibility index (Phi) is 19.2. The summed E-state index contributed by atoms with van der Waals surface area (Å²) in [5.41, 5.74) is 6.89. The molecule has 0 fully saturated rings. The van der Waals surface area contributed by atoms with Gasteiger partial charge in [-0.25, -0.2) is 4.79 Å². The standard InChI is InChI=1S/C31H47N5O10.H3N/c1-5-18(4)26(31(45)46)36-29(43)22(12-14-25(39)40)33-28(42)21(11-13-24(37)38)34-30(44)23(15-17(2)3)35-27(41)20(32)16-19-9-7-6-8-10-19;/h6-10,17-18,20-23,26H,5,11-16,32H2,1-4H3,(H,33,42)(H,34,44)(H,35,41)(H,36,43)(H,37,38)(H,39,40)(H,45,46);1H3. The predicted molar refractivity (Wildman–Crippen MR) is 171 cm³/mol. The molecule has 6 unspecified atom stereocenters. The molecule has 0 saturated heterocycles. The maximum absolute atomic E-state index is 13.4. The van der Waals surface area contributed by atoms with E-state index in [1.54, 1.807) is 52.0 Å². The number of nitrogens with two attached hydrogens (primary N) is 1. The average Bonchev–Trinajstić information content (AvgIpc) is 2.98. The summed E-state index contributed by atoms with van der Waals surface area (Å²) >= 11 is 0. The molecule has 0 aliphatic rings. The molecule has 1 aromatic carbocycles. The van der Waals surface area contributed by atoms with Crippen molar-refractivity contribution in [2.75, 3.05) is 0 Å². The van der Waals surface area contributed by atoms with E-state index in [9.17, 15) is 48.9 Å². The number of hydrogen-bond acceptors (Lipinski definition) is 9. The molecule has 6 atom stereocenters. The number of benzene rings is 1. The van der Waals surface area contributed by atoms with Crippen LogP contribution in [0.15, 0.2) is 30.3 Å². The summed E-state index contributed by atoms with van der Waals surface area (Å²) in [6, 6.07) is 2.53. The fourth-order valence-electron chi connectivity index (χ4n) is 4.50. The van der Waals surface area contributed by atoms with Gasteiger partial charge in [0.2, 0.25) is 23.6 Å². The van der Waals surface area contributed by atoms with Crippen LogP contribution in [-0.4, -0.2) is 87.1 Å². The maximum Gasteiger partial charge on any atom is 0.326 e. The van der Waals surface area contributed by atoms with E-state index in [2.05, 4.69) is 21.3 Å². The number of amides is 4. The van der Waals surface area contributed by atoms with Gasteiger partial charge in [0.1, 0.15) is 24.2 Å². The molecule has 0 aliphatic heterocycles. The van der Waals surface area contributed by atoms with Gasteiger partial charge in [0.05, 0.1) is 6.04 Å². The molecule has 1 aromatic rings. The molecule has 4 amide bonds. The first kappa shape index (κ1) is 42.4. The minimum absolute atomic E-state index is 0. The van der Waals surface area contributed by atoms with Crippen molar-refractivity contribution in [2.24, 2.45) is 17.6 Å². The van der Waals surface area contributed by atoms with E-state index in [4.69, 9.17) is 5.73 Å². The number of rotatable bonds is 21. The zero-order chi connectivity index (χ0) is 35.0. The van der Waals surface area contributed by atoms with Gasteiger partial charge in [-0.05, 0) is 43.1 Å². The second-order valence-electron chi connectivity index (χ2n) is 11.7. The summed E-state index contributed by atoms with van der Waals surface area (Å²) in [4.78, 5) is 87.1. The van der Waals surface area contributed by atoms with Gasteiger partial charge in [-0.3, -0.25) is 28.8 Å². The van der Waals surface area contributed by atoms with Crippen molar-refractivity contribution in [3.8, 4) is 0 Å². The number of carboxylic acids is 3. The van der Waals surface area contributed by atoms with Crippen molar-refractivity contribution in [1.29, 1.82) is 0 Å². The first-order chi connectivity index (χ1) is 21.5. The van der Waals surface area contributed by atoms with Crippen molar-refractivity contribution in [1.82, 2.24) is 27.4 Å². The van der Waals surface area contributed by atoms with Gasteiger partial charge in [-0.2, -0.15) is 0 Å². The molecule has 0 saturated carbocycles. The monoisotopic (exact) mass is 666 g/mol. The Bertz CT molecular complexity index is 1210. The normalized spacial score (nSPS) is 14.6. The largest absolute Gasteiger partial charge is 0.481 e. The zero-order valence-corrected chi connectivity index (χ0v) is 27.4. The van der Waals surface area contributed by atoms with Gasteiger partial charge < -0.3 is 48.5 Å². The average molecular weight is 667 g/mol. The third kappa shape index (κ3) is 16.0. The lowest BCUT2D eigenvalue weighted by Gasteiger charge is -2.27. The van der Waals surface area contributed by atoms with Crippen LogP contribution in [0.3, 0.4) is 0 Å². The minimum atomic E-state index is -1.51. The van der Waals surface area contributed by atoms with Gasteiger partial charge >= 0.3 is 17.9 Å². The molecule has 16 nitrogen and oxygen atoms in total. The van der Waals surface area contributed by atoms with Crippen LogP contribution in [0.5, 0.6) is 0 Å². The highest BCUT2D eigenvalue weighted by Crippen LogP contribution is 2.11. The maximum atomic E-state index is 13.4. The highest BCUT2D eigenvalue weighted by Gasteiger charge is 2.33. The fourth-order valence-corrected chi connectivity index (χ4v) is 4.50. The highest BCUT2D eigenvalue weighted by molar-refractivity contribution is 5.95. The van der Waals surface area contributed by atoms with Crippen molar-refractivity contribution < 1.29 is 48.9 Å². The van der Waals surface area contributed by atoms with E-state index in [1.807, 2.05) is 6.07 Å². The summed E-state index contributed by atoms with van der Waals surface area (Å²) < 4.78 is 0. The Labute approximate surface area is 274 Å². The smallest absolute Gasteiger partial charge is 0.326 e. The summed E-state index contributed by atoms with van der Waals surface area (Å²) in [6.07, 6.45) is -1.17. The molecule has 0 heterocycles. The van der Waals surface area contributed by atoms with Crippen molar-refractivity contribution in [3.63, 3.8) is 0 Å². The van der Waals surface area contributed by atoms with Gasteiger partial charge in [0, 0.05) is 12.8 Å². The second kappa shape index (κ2) is 21.3. The van der Waals surface area contributed by atoms with Gasteiger partial charge in [-0.1, -0.05) is 64.4 Å². The molecular formula is C31H50N6O10. The van der Waals surface area contributed by atoms with Crippen LogP contribution < -0.4 is 33.2 Å². The lowest BCUT2D eigenvalue weighted by atomic mass is 9.98. The van der Waals surface area contributed by atoms with E-state index < -0.39 is 103 Å². The summed E-state index contributed by atoms with van der Waals surface area (Å²) in [6.45, 7) is 6.93. The van der Waals surface area contributed by atoms with Gasteiger partial charge in [0.25, 0.3) is 0 Å². The molecule has 47 heavy (non-hydrogen) atoms. The lowest BCUT2D eigenvalue weighted by molar-refractivity contribution is -0.144. The second-order valence-corrected chi connectivity index (χ2v) is 11.7. The number of carboxylic acid groups (broad SMARTS) is 3. The Morgan fingerprint density at radius 1 is 0.702 bits per heavy atom. The molecule has 0 aromatic heterocycles. The third-order valence-electron chi connectivity index (χ3n) is 7.31. The quantitative estimate of drug-likeness (QED) is 0.0870. The number of hydrogen-bond donors (Lipinski definition) is 9. The van der Waals surface area contributed by atoms with Crippen molar-refractivity contribution in [2.45, 2.75) is 103 Å². The molecule has 12 N–H and O–H groups in total. The molecule has 0 bridgehead atoms. The van der Waals surface area contributed by atoms with Crippen LogP contribution in [-0.2, 0) is 40.0 Å². The molecule has 0 radical (unpaired) electrons. The summed E-state index contributed by atoms with van der Waals surface area (Å²) in [5.74, 6) is -7.82. The van der Waals surface area contributed by atoms with Crippen LogP contribution in [0.1, 0.15) is 71.8 Å². The Balaban J connectivity index is 0.0000212. The summed E-state index contributed by atoms with van der Waals surface area (Å²) in [5, 5.41) is 37.7. The van der Waals surface area contributed by atoms with E-state index in [-0.39, 0.29) is 24.9 Å². The molecule has 0 spiro atoms. The highest BCUT2D eigenvalue weighted by atomic mass is 16.4. The van der Waals surface area contributed by atoms with Crippen molar-refractivity contribution >= 4 is 41.5 Å². The Hall–Kier alpha value is -4.57. The van der Waals surface area contributed by atoms with Crippen LogP contribution in [0.2, 0.25) is 0 Å². The first-order valence-electron chi connectivity index (χ1n) is 15.2. The SMILES string of the molecule is CCC(C)C(NC(=O)C(CCC(=O)O)NC(=O)C(CCC(=O)O)NC(=O)C(CC(C)C)NC(=O)C(N)Cc1ccccc1)C(=O)O.N.